The van der Waals surface area contributed by atoms with Gasteiger partial charge in [0.1, 0.15) is 5.69 Å². The van der Waals surface area contributed by atoms with Crippen molar-refractivity contribution < 1.29 is 14.5 Å². The quantitative estimate of drug-likeness (QED) is 0.483. The Morgan fingerprint density at radius 3 is 2.23 bits per heavy atom. The van der Waals surface area contributed by atoms with Crippen LogP contribution in [0.1, 0.15) is 31.8 Å². The van der Waals surface area contributed by atoms with Crippen LogP contribution in [0.2, 0.25) is 0 Å². The summed E-state index contributed by atoms with van der Waals surface area (Å²) in [7, 11) is 1.66. The minimum Gasteiger partial charge on any atom is -0.337 e. The average molecular weight is 414 g/mol. The van der Waals surface area contributed by atoms with Crippen molar-refractivity contribution in [1.82, 2.24) is 4.90 Å². The number of para-hydroxylation sites is 2. The van der Waals surface area contributed by atoms with E-state index in [2.05, 4.69) is 5.32 Å². The molecule has 8 heteroatoms. The minimum atomic E-state index is -0.568. The number of nitro groups is 1. The van der Waals surface area contributed by atoms with Crippen molar-refractivity contribution in [2.75, 3.05) is 12.4 Å². The van der Waals surface area contributed by atoms with Crippen molar-refractivity contribution in [2.24, 2.45) is 0 Å². The van der Waals surface area contributed by atoms with E-state index < -0.39 is 10.8 Å². The monoisotopic (exact) mass is 414 g/mol. The summed E-state index contributed by atoms with van der Waals surface area (Å²) in [6.45, 7) is 0.366. The number of hydrogen-bond donors (Lipinski definition) is 1. The predicted octanol–water partition coefficient (Wildman–Crippen LogP) is 3.99. The van der Waals surface area contributed by atoms with Crippen LogP contribution in [0.25, 0.3) is 0 Å². The number of nitro benzene ring substituents is 1. The Bertz CT molecular complexity index is 1170. The zero-order valence-electron chi connectivity index (χ0n) is 16.6. The average Bonchev–Trinajstić information content (AvgIpc) is 2.79. The van der Waals surface area contributed by atoms with Gasteiger partial charge in [-0.05, 0) is 48.0 Å². The smallest absolute Gasteiger partial charge is 0.292 e. The molecule has 0 aliphatic carbocycles. The lowest BCUT2D eigenvalue weighted by Crippen LogP contribution is -2.26. The first-order valence-electron chi connectivity index (χ1n) is 9.28. The van der Waals surface area contributed by atoms with Gasteiger partial charge in [0.05, 0.1) is 16.6 Å². The van der Waals surface area contributed by atoms with Crippen molar-refractivity contribution in [3.05, 3.63) is 105 Å². The third-order valence-electron chi connectivity index (χ3n) is 4.59. The molecule has 0 aromatic heterocycles. The van der Waals surface area contributed by atoms with Gasteiger partial charge in [0, 0.05) is 30.8 Å². The van der Waals surface area contributed by atoms with E-state index in [9.17, 15) is 19.7 Å². The van der Waals surface area contributed by atoms with Gasteiger partial charge < -0.3 is 10.2 Å². The number of amides is 2. The van der Waals surface area contributed by atoms with E-state index in [0.717, 1.165) is 5.56 Å². The maximum Gasteiger partial charge on any atom is 0.292 e. The summed E-state index contributed by atoms with van der Waals surface area (Å²) in [6.07, 6.45) is 0. The number of carbonyl (C=O) groups excluding carboxylic acids is 2. The highest BCUT2D eigenvalue weighted by Crippen LogP contribution is 2.24. The number of benzene rings is 3. The molecule has 8 nitrogen and oxygen atoms in total. The highest BCUT2D eigenvalue weighted by molar-refractivity contribution is 6.06. The molecule has 154 valence electrons. The molecule has 0 saturated heterocycles. The second-order valence-electron chi connectivity index (χ2n) is 6.78. The van der Waals surface area contributed by atoms with Gasteiger partial charge >= 0.3 is 0 Å². The molecule has 0 aliphatic heterocycles. The summed E-state index contributed by atoms with van der Waals surface area (Å²) in [4.78, 5) is 37.2. The SMILES string of the molecule is CN(Cc1ccc(C#N)cc1)C(=O)c1ccc(C(=O)Nc2ccccc2[N+](=O)[O-])cc1. The number of rotatable bonds is 6. The minimum absolute atomic E-state index is 0.0970. The summed E-state index contributed by atoms with van der Waals surface area (Å²) in [6, 6.07) is 20.9. The van der Waals surface area contributed by atoms with E-state index in [-0.39, 0.29) is 22.8 Å². The predicted molar refractivity (Wildman–Crippen MR) is 114 cm³/mol. The van der Waals surface area contributed by atoms with Gasteiger partial charge in [0.25, 0.3) is 17.5 Å². The van der Waals surface area contributed by atoms with Crippen molar-refractivity contribution in [3.63, 3.8) is 0 Å². The zero-order chi connectivity index (χ0) is 22.4. The molecule has 0 fully saturated rings. The maximum absolute atomic E-state index is 12.7. The Labute approximate surface area is 178 Å². The van der Waals surface area contributed by atoms with Gasteiger partial charge in [-0.15, -0.1) is 0 Å². The second-order valence-corrected chi connectivity index (χ2v) is 6.78. The first-order valence-corrected chi connectivity index (χ1v) is 9.28. The van der Waals surface area contributed by atoms with Crippen molar-refractivity contribution in [2.45, 2.75) is 6.54 Å². The molecule has 0 heterocycles. The number of hydrogen-bond acceptors (Lipinski definition) is 5. The Balaban J connectivity index is 1.67. The molecule has 31 heavy (non-hydrogen) atoms. The lowest BCUT2D eigenvalue weighted by atomic mass is 10.1. The Morgan fingerprint density at radius 2 is 1.61 bits per heavy atom. The van der Waals surface area contributed by atoms with E-state index in [1.165, 1.54) is 47.4 Å². The second kappa shape index (κ2) is 9.33. The van der Waals surface area contributed by atoms with Crippen LogP contribution in [0.3, 0.4) is 0 Å². The summed E-state index contributed by atoms with van der Waals surface area (Å²) in [5.74, 6) is -0.741. The van der Waals surface area contributed by atoms with Crippen LogP contribution in [0.5, 0.6) is 0 Å². The van der Waals surface area contributed by atoms with E-state index in [4.69, 9.17) is 5.26 Å². The van der Waals surface area contributed by atoms with Crippen LogP contribution in [0.15, 0.2) is 72.8 Å². The standard InChI is InChI=1S/C23H18N4O4/c1-26(15-17-8-6-16(14-24)7-9-17)23(29)19-12-10-18(11-13-19)22(28)25-20-4-2-3-5-21(20)27(30)31/h2-13H,15H2,1H3,(H,25,28). The number of nitrogens with zero attached hydrogens (tertiary/aromatic N) is 3. The van der Waals surface area contributed by atoms with Crippen LogP contribution in [0.4, 0.5) is 11.4 Å². The lowest BCUT2D eigenvalue weighted by Gasteiger charge is -2.17. The molecule has 0 saturated carbocycles. The first-order chi connectivity index (χ1) is 14.9. The van der Waals surface area contributed by atoms with Gasteiger partial charge in [-0.2, -0.15) is 5.26 Å². The van der Waals surface area contributed by atoms with Crippen LogP contribution in [-0.2, 0) is 6.54 Å². The summed E-state index contributed by atoms with van der Waals surface area (Å²) < 4.78 is 0. The molecule has 3 aromatic carbocycles. The molecule has 0 unspecified atom stereocenters. The molecular formula is C23H18N4O4. The zero-order valence-corrected chi connectivity index (χ0v) is 16.6. The van der Waals surface area contributed by atoms with Gasteiger partial charge in [0.15, 0.2) is 0 Å². The molecule has 3 aromatic rings. The summed E-state index contributed by atoms with van der Waals surface area (Å²) >= 11 is 0. The highest BCUT2D eigenvalue weighted by Gasteiger charge is 2.17. The Hall–Kier alpha value is -4.51. The number of anilines is 1. The molecule has 0 radical (unpaired) electrons. The number of carbonyl (C=O) groups is 2. The number of nitrogens with one attached hydrogen (secondary N) is 1. The van der Waals surface area contributed by atoms with Gasteiger partial charge in [-0.1, -0.05) is 24.3 Å². The molecule has 0 aliphatic rings. The van der Waals surface area contributed by atoms with Crippen molar-refractivity contribution in [1.29, 1.82) is 5.26 Å². The lowest BCUT2D eigenvalue weighted by molar-refractivity contribution is -0.383. The third kappa shape index (κ3) is 5.10. The maximum atomic E-state index is 12.7. The summed E-state index contributed by atoms with van der Waals surface area (Å²) in [5.41, 5.74) is 2.00. The van der Waals surface area contributed by atoms with Gasteiger partial charge in [0.2, 0.25) is 0 Å². The topological polar surface area (TPSA) is 116 Å². The molecule has 0 bridgehead atoms. The van der Waals surface area contributed by atoms with E-state index in [0.29, 0.717) is 17.7 Å². The van der Waals surface area contributed by atoms with Crippen LogP contribution < -0.4 is 5.32 Å². The molecule has 0 spiro atoms. The van der Waals surface area contributed by atoms with Gasteiger partial charge in [-0.3, -0.25) is 19.7 Å². The van der Waals surface area contributed by atoms with Gasteiger partial charge in [-0.25, -0.2) is 0 Å². The Kier molecular flexibility index (Phi) is 6.38. The summed E-state index contributed by atoms with van der Waals surface area (Å²) in [5, 5.41) is 22.5. The molecular weight excluding hydrogens is 396 g/mol. The first kappa shape index (κ1) is 21.2. The molecule has 1 N–H and O–H groups in total. The van der Waals surface area contributed by atoms with Crippen LogP contribution in [-0.4, -0.2) is 28.7 Å². The van der Waals surface area contributed by atoms with E-state index in [1.54, 1.807) is 37.4 Å². The third-order valence-corrected chi connectivity index (χ3v) is 4.59. The van der Waals surface area contributed by atoms with E-state index >= 15 is 0 Å². The fourth-order valence-corrected chi connectivity index (χ4v) is 2.95. The number of nitriles is 1. The molecule has 0 atom stereocenters. The van der Waals surface area contributed by atoms with Crippen LogP contribution in [0, 0.1) is 21.4 Å². The fourth-order valence-electron chi connectivity index (χ4n) is 2.95. The Morgan fingerprint density at radius 1 is 1.00 bits per heavy atom. The van der Waals surface area contributed by atoms with Crippen molar-refractivity contribution >= 4 is 23.2 Å². The highest BCUT2D eigenvalue weighted by atomic mass is 16.6. The largest absolute Gasteiger partial charge is 0.337 e. The molecule has 2 amide bonds. The normalized spacial score (nSPS) is 10.1. The van der Waals surface area contributed by atoms with Crippen molar-refractivity contribution in [3.8, 4) is 6.07 Å². The van der Waals surface area contributed by atoms with E-state index in [1.807, 2.05) is 6.07 Å². The molecule has 3 rings (SSSR count). The van der Waals surface area contributed by atoms with Crippen LogP contribution >= 0.6 is 0 Å². The fraction of sp³-hybridized carbons (Fsp3) is 0.0870.